The summed E-state index contributed by atoms with van der Waals surface area (Å²) in [5, 5.41) is 3.16. The van der Waals surface area contributed by atoms with E-state index in [2.05, 4.69) is 57.2 Å². The van der Waals surface area contributed by atoms with E-state index < -0.39 is 0 Å². The van der Waals surface area contributed by atoms with Gasteiger partial charge < -0.3 is 10.2 Å². The minimum Gasteiger partial charge on any atom is -0.353 e. The van der Waals surface area contributed by atoms with Gasteiger partial charge in [-0.1, -0.05) is 26.0 Å². The number of hydrogen-bond donors (Lipinski definition) is 1. The summed E-state index contributed by atoms with van der Waals surface area (Å²) in [7, 11) is 4.13. The van der Waals surface area contributed by atoms with Gasteiger partial charge in [-0.2, -0.15) is 0 Å². The molecule has 0 heterocycles. The topological polar surface area (TPSA) is 32.3 Å². The molecule has 17 heavy (non-hydrogen) atoms. The zero-order valence-corrected chi connectivity index (χ0v) is 11.8. The fourth-order valence-corrected chi connectivity index (χ4v) is 2.31. The average molecular weight is 238 g/mol. The van der Waals surface area contributed by atoms with Crippen LogP contribution in [0.4, 0.5) is 0 Å². The first-order chi connectivity index (χ1) is 7.83. The van der Waals surface area contributed by atoms with Crippen LogP contribution >= 0.6 is 0 Å². The molecule has 0 saturated carbocycles. The summed E-state index contributed by atoms with van der Waals surface area (Å²) >= 11 is 0. The van der Waals surface area contributed by atoms with Gasteiger partial charge in [-0.3, -0.25) is 4.79 Å². The Kier molecular flexibility index (Phi) is 4.75. The summed E-state index contributed by atoms with van der Waals surface area (Å²) in [5.41, 5.74) is 0.0885. The number of nitrogens with one attached hydrogen (secondary N) is 1. The van der Waals surface area contributed by atoms with Gasteiger partial charge in [0.25, 0.3) is 0 Å². The largest absolute Gasteiger partial charge is 0.353 e. The SMILES string of the molecule is C[C@@H](NC(=O)C1CC=CC1)C(C)(C)CN(C)C. The van der Waals surface area contributed by atoms with Crippen molar-refractivity contribution in [2.24, 2.45) is 11.3 Å². The zero-order valence-electron chi connectivity index (χ0n) is 11.8. The van der Waals surface area contributed by atoms with Crippen LogP contribution < -0.4 is 5.32 Å². The first kappa shape index (κ1) is 14.2. The van der Waals surface area contributed by atoms with E-state index in [-0.39, 0.29) is 23.3 Å². The number of allylic oxidation sites excluding steroid dienone is 2. The maximum atomic E-state index is 12.0. The van der Waals surface area contributed by atoms with Crippen LogP contribution in [0.2, 0.25) is 0 Å². The first-order valence-corrected chi connectivity index (χ1v) is 6.43. The Morgan fingerprint density at radius 3 is 2.41 bits per heavy atom. The second-order valence-electron chi connectivity index (χ2n) is 6.10. The van der Waals surface area contributed by atoms with Gasteiger partial charge in [-0.25, -0.2) is 0 Å². The highest BCUT2D eigenvalue weighted by Gasteiger charge is 2.29. The van der Waals surface area contributed by atoms with Gasteiger partial charge in [0, 0.05) is 18.5 Å². The van der Waals surface area contributed by atoms with Crippen LogP contribution in [0.5, 0.6) is 0 Å². The minimum atomic E-state index is 0.0885. The average Bonchev–Trinajstić information content (AvgIpc) is 2.67. The van der Waals surface area contributed by atoms with Crippen molar-refractivity contribution in [3.8, 4) is 0 Å². The highest BCUT2D eigenvalue weighted by Crippen LogP contribution is 2.23. The monoisotopic (exact) mass is 238 g/mol. The van der Waals surface area contributed by atoms with Gasteiger partial charge in [-0.15, -0.1) is 0 Å². The molecule has 1 aliphatic rings. The Hall–Kier alpha value is -0.830. The third-order valence-corrected chi connectivity index (χ3v) is 3.63. The molecular formula is C14H26N2O. The fourth-order valence-electron chi connectivity index (χ4n) is 2.31. The molecule has 1 amide bonds. The summed E-state index contributed by atoms with van der Waals surface area (Å²) in [6.45, 7) is 7.47. The van der Waals surface area contributed by atoms with Crippen molar-refractivity contribution in [1.29, 1.82) is 0 Å². The molecule has 3 heteroatoms. The predicted octanol–water partition coefficient (Wildman–Crippen LogP) is 2.05. The Balaban J connectivity index is 2.47. The quantitative estimate of drug-likeness (QED) is 0.743. The molecule has 0 radical (unpaired) electrons. The molecular weight excluding hydrogens is 212 g/mol. The number of carbonyl (C=O) groups is 1. The van der Waals surface area contributed by atoms with E-state index in [1.165, 1.54) is 0 Å². The van der Waals surface area contributed by atoms with E-state index in [4.69, 9.17) is 0 Å². The van der Waals surface area contributed by atoms with Crippen molar-refractivity contribution < 1.29 is 4.79 Å². The lowest BCUT2D eigenvalue weighted by molar-refractivity contribution is -0.126. The number of rotatable bonds is 5. The molecule has 0 bridgehead atoms. The summed E-state index contributed by atoms with van der Waals surface area (Å²) < 4.78 is 0. The Bertz CT molecular complexity index is 287. The van der Waals surface area contributed by atoms with Gasteiger partial charge in [0.2, 0.25) is 5.91 Å². The number of hydrogen-bond acceptors (Lipinski definition) is 2. The predicted molar refractivity (Wildman–Crippen MR) is 71.8 cm³/mol. The van der Waals surface area contributed by atoms with Crippen molar-refractivity contribution in [1.82, 2.24) is 10.2 Å². The summed E-state index contributed by atoms with van der Waals surface area (Å²) in [6, 6.07) is 0.193. The number of nitrogens with zero attached hydrogens (tertiary/aromatic N) is 1. The van der Waals surface area contributed by atoms with Crippen LogP contribution in [0.1, 0.15) is 33.6 Å². The van der Waals surface area contributed by atoms with Crippen molar-refractivity contribution in [3.05, 3.63) is 12.2 Å². The first-order valence-electron chi connectivity index (χ1n) is 6.43. The van der Waals surface area contributed by atoms with Crippen LogP contribution in [0.15, 0.2) is 12.2 Å². The second-order valence-corrected chi connectivity index (χ2v) is 6.10. The molecule has 1 aliphatic carbocycles. The third kappa shape index (κ3) is 4.15. The van der Waals surface area contributed by atoms with E-state index in [9.17, 15) is 4.79 Å². The minimum absolute atomic E-state index is 0.0885. The molecule has 0 fully saturated rings. The maximum absolute atomic E-state index is 12.0. The molecule has 0 aromatic heterocycles. The smallest absolute Gasteiger partial charge is 0.223 e. The van der Waals surface area contributed by atoms with E-state index in [1.54, 1.807) is 0 Å². The van der Waals surface area contributed by atoms with Crippen molar-refractivity contribution >= 4 is 5.91 Å². The molecule has 0 aromatic carbocycles. The van der Waals surface area contributed by atoms with Crippen molar-refractivity contribution in [2.75, 3.05) is 20.6 Å². The lowest BCUT2D eigenvalue weighted by atomic mass is 9.84. The molecule has 0 unspecified atom stereocenters. The normalized spacial score (nSPS) is 18.7. The maximum Gasteiger partial charge on any atom is 0.223 e. The zero-order chi connectivity index (χ0) is 13.1. The summed E-state index contributed by atoms with van der Waals surface area (Å²) in [6.07, 6.45) is 5.99. The Labute approximate surface area is 105 Å². The lowest BCUT2D eigenvalue weighted by Crippen LogP contribution is -2.48. The van der Waals surface area contributed by atoms with E-state index in [0.29, 0.717) is 0 Å². The number of amides is 1. The van der Waals surface area contributed by atoms with Crippen LogP contribution in [0, 0.1) is 11.3 Å². The van der Waals surface area contributed by atoms with Gasteiger partial charge >= 0.3 is 0 Å². The van der Waals surface area contributed by atoms with Gasteiger partial charge in [0.05, 0.1) is 0 Å². The number of carbonyl (C=O) groups excluding carboxylic acids is 1. The van der Waals surface area contributed by atoms with Crippen LogP contribution in [-0.4, -0.2) is 37.5 Å². The lowest BCUT2D eigenvalue weighted by Gasteiger charge is -2.35. The van der Waals surface area contributed by atoms with E-state index in [1.807, 2.05) is 0 Å². The highest BCUT2D eigenvalue weighted by molar-refractivity contribution is 5.79. The van der Waals surface area contributed by atoms with Crippen molar-refractivity contribution in [3.63, 3.8) is 0 Å². The van der Waals surface area contributed by atoms with E-state index in [0.717, 1.165) is 19.4 Å². The standard InChI is InChI=1S/C14H26N2O/c1-11(14(2,3)10-16(4)5)15-13(17)12-8-6-7-9-12/h6-7,11-12H,8-10H2,1-5H3,(H,15,17)/t11-/m1/s1. The summed E-state index contributed by atoms with van der Waals surface area (Å²) in [5.74, 6) is 0.363. The van der Waals surface area contributed by atoms with Gasteiger partial charge in [0.1, 0.15) is 0 Å². The van der Waals surface area contributed by atoms with Gasteiger partial charge in [0.15, 0.2) is 0 Å². The highest BCUT2D eigenvalue weighted by atomic mass is 16.1. The molecule has 1 atom stereocenters. The molecule has 1 N–H and O–H groups in total. The van der Waals surface area contributed by atoms with Crippen molar-refractivity contribution in [2.45, 2.75) is 39.7 Å². The third-order valence-electron chi connectivity index (χ3n) is 3.63. The molecule has 3 nitrogen and oxygen atoms in total. The molecule has 0 saturated heterocycles. The van der Waals surface area contributed by atoms with Crippen LogP contribution in [-0.2, 0) is 4.79 Å². The Morgan fingerprint density at radius 1 is 1.41 bits per heavy atom. The molecule has 0 spiro atoms. The van der Waals surface area contributed by atoms with E-state index >= 15 is 0 Å². The second kappa shape index (κ2) is 5.67. The van der Waals surface area contributed by atoms with Crippen LogP contribution in [0.25, 0.3) is 0 Å². The Morgan fingerprint density at radius 2 is 1.94 bits per heavy atom. The molecule has 0 aromatic rings. The summed E-state index contributed by atoms with van der Waals surface area (Å²) in [4.78, 5) is 14.2. The van der Waals surface area contributed by atoms with Gasteiger partial charge in [-0.05, 0) is 39.3 Å². The molecule has 98 valence electrons. The fraction of sp³-hybridized carbons (Fsp3) is 0.786. The van der Waals surface area contributed by atoms with Crippen LogP contribution in [0.3, 0.4) is 0 Å². The molecule has 0 aliphatic heterocycles. The molecule has 1 rings (SSSR count).